The van der Waals surface area contributed by atoms with E-state index in [4.69, 9.17) is 0 Å². The summed E-state index contributed by atoms with van der Waals surface area (Å²) in [5.74, 6) is -6.86. The molecule has 0 spiro atoms. The molecule has 1 heterocycles. The van der Waals surface area contributed by atoms with Crippen LogP contribution in [0, 0.1) is 17.5 Å². The van der Waals surface area contributed by atoms with Crippen molar-refractivity contribution in [1.82, 2.24) is 5.32 Å². The number of hydrogen-bond acceptors (Lipinski definition) is 3. The number of urea groups is 1. The summed E-state index contributed by atoms with van der Waals surface area (Å²) in [7, 11) is 0. The Bertz CT molecular complexity index is 535. The summed E-state index contributed by atoms with van der Waals surface area (Å²) in [6.07, 6.45) is 0. The Morgan fingerprint density at radius 1 is 1.00 bits per heavy atom. The number of rotatable bonds is 1. The summed E-state index contributed by atoms with van der Waals surface area (Å²) >= 11 is 0. The zero-order valence-electron chi connectivity index (χ0n) is 7.96. The van der Waals surface area contributed by atoms with Crippen LogP contribution in [-0.4, -0.2) is 17.8 Å². The van der Waals surface area contributed by atoms with Gasteiger partial charge in [0.05, 0.1) is 0 Å². The number of benzene rings is 1. The molecule has 1 aromatic carbocycles. The lowest BCUT2D eigenvalue weighted by atomic mass is 10.2. The van der Waals surface area contributed by atoms with Gasteiger partial charge in [-0.05, 0) is 0 Å². The van der Waals surface area contributed by atoms with Crippen LogP contribution in [0.3, 0.4) is 0 Å². The monoisotopic (exact) mass is 244 g/mol. The van der Waals surface area contributed by atoms with Crippen molar-refractivity contribution in [1.29, 1.82) is 0 Å². The molecule has 8 heteroatoms. The SMILES string of the molecule is O=C1NC(=O)N(c2c(F)cc(F)cc2F)C1=O. The zero-order valence-corrected chi connectivity index (χ0v) is 7.96. The van der Waals surface area contributed by atoms with E-state index >= 15 is 0 Å². The van der Waals surface area contributed by atoms with Crippen LogP contribution in [0.4, 0.5) is 23.7 Å². The van der Waals surface area contributed by atoms with E-state index in [1.165, 1.54) is 0 Å². The van der Waals surface area contributed by atoms with Crippen molar-refractivity contribution < 1.29 is 27.6 Å². The maximum Gasteiger partial charge on any atom is 0.336 e. The summed E-state index contributed by atoms with van der Waals surface area (Å²) in [5, 5.41) is 1.56. The van der Waals surface area contributed by atoms with Gasteiger partial charge in [-0.2, -0.15) is 0 Å². The van der Waals surface area contributed by atoms with Crippen LogP contribution in [0.5, 0.6) is 0 Å². The summed E-state index contributed by atoms with van der Waals surface area (Å²) in [5.41, 5.74) is -1.08. The van der Waals surface area contributed by atoms with Gasteiger partial charge in [-0.25, -0.2) is 22.9 Å². The van der Waals surface area contributed by atoms with Gasteiger partial charge in [-0.3, -0.25) is 14.9 Å². The van der Waals surface area contributed by atoms with Crippen molar-refractivity contribution in [3.63, 3.8) is 0 Å². The van der Waals surface area contributed by atoms with Crippen molar-refractivity contribution in [2.45, 2.75) is 0 Å². The number of hydrogen-bond donors (Lipinski definition) is 1. The molecule has 88 valence electrons. The van der Waals surface area contributed by atoms with Crippen LogP contribution in [0.25, 0.3) is 0 Å². The number of imide groups is 2. The molecule has 1 saturated heterocycles. The molecule has 0 saturated carbocycles. The molecule has 0 bridgehead atoms. The molecule has 1 aliphatic rings. The smallest absolute Gasteiger partial charge is 0.269 e. The van der Waals surface area contributed by atoms with Gasteiger partial charge in [0.15, 0.2) is 11.6 Å². The van der Waals surface area contributed by atoms with E-state index in [0.717, 1.165) is 0 Å². The third-order valence-corrected chi connectivity index (χ3v) is 2.03. The number of halogens is 3. The Morgan fingerprint density at radius 3 is 1.94 bits per heavy atom. The van der Waals surface area contributed by atoms with Crippen molar-refractivity contribution in [3.8, 4) is 0 Å². The van der Waals surface area contributed by atoms with Crippen molar-refractivity contribution in [2.24, 2.45) is 0 Å². The van der Waals surface area contributed by atoms with Gasteiger partial charge >= 0.3 is 17.8 Å². The average molecular weight is 244 g/mol. The first-order valence-electron chi connectivity index (χ1n) is 4.25. The van der Waals surface area contributed by atoms with E-state index < -0.39 is 41.0 Å². The first kappa shape index (κ1) is 11.1. The topological polar surface area (TPSA) is 66.5 Å². The minimum Gasteiger partial charge on any atom is -0.269 e. The summed E-state index contributed by atoms with van der Waals surface area (Å²) < 4.78 is 39.2. The molecule has 0 unspecified atom stereocenters. The van der Waals surface area contributed by atoms with Crippen LogP contribution < -0.4 is 10.2 Å². The van der Waals surface area contributed by atoms with Gasteiger partial charge in [-0.1, -0.05) is 0 Å². The predicted octanol–water partition coefficient (Wildman–Crippen LogP) is 0.687. The van der Waals surface area contributed by atoms with E-state index in [2.05, 4.69) is 0 Å². The Balaban J connectivity index is 2.59. The number of carbonyl (C=O) groups excluding carboxylic acids is 3. The van der Waals surface area contributed by atoms with Crippen LogP contribution in [-0.2, 0) is 9.59 Å². The largest absolute Gasteiger partial charge is 0.336 e. The van der Waals surface area contributed by atoms with Crippen molar-refractivity contribution in [3.05, 3.63) is 29.6 Å². The quantitative estimate of drug-likeness (QED) is 0.583. The molecule has 4 amide bonds. The minimum atomic E-state index is -1.46. The first-order chi connectivity index (χ1) is 7.91. The number of nitrogens with zero attached hydrogens (tertiary/aromatic N) is 1. The molecule has 1 aromatic rings. The van der Waals surface area contributed by atoms with Crippen molar-refractivity contribution >= 4 is 23.5 Å². The lowest BCUT2D eigenvalue weighted by molar-refractivity contribution is -0.134. The Morgan fingerprint density at radius 2 is 1.53 bits per heavy atom. The minimum absolute atomic E-state index is 0.0214. The fourth-order valence-electron chi connectivity index (χ4n) is 1.35. The molecule has 2 rings (SSSR count). The van der Waals surface area contributed by atoms with E-state index in [9.17, 15) is 27.6 Å². The first-order valence-corrected chi connectivity index (χ1v) is 4.25. The second kappa shape index (κ2) is 3.58. The number of anilines is 1. The molecule has 0 atom stereocenters. The number of carbonyl (C=O) groups is 3. The molecule has 1 N–H and O–H groups in total. The van der Waals surface area contributed by atoms with Crippen LogP contribution in [0.2, 0.25) is 0 Å². The van der Waals surface area contributed by atoms with Gasteiger partial charge in [0.1, 0.15) is 11.5 Å². The van der Waals surface area contributed by atoms with Gasteiger partial charge in [0.25, 0.3) is 0 Å². The fraction of sp³-hybridized carbons (Fsp3) is 0. The zero-order chi connectivity index (χ0) is 12.7. The average Bonchev–Trinajstić information content (AvgIpc) is 2.43. The lowest BCUT2D eigenvalue weighted by Gasteiger charge is -2.13. The fourth-order valence-corrected chi connectivity index (χ4v) is 1.35. The van der Waals surface area contributed by atoms with Gasteiger partial charge in [-0.15, -0.1) is 0 Å². The Labute approximate surface area is 91.8 Å². The number of nitrogens with one attached hydrogen (secondary N) is 1. The standard InChI is InChI=1S/C9H3F3N2O3/c10-3-1-4(11)6(5(12)2-3)14-8(16)7(15)13-9(14)17/h1-2H,(H,13,15,17). The van der Waals surface area contributed by atoms with Gasteiger partial charge in [0, 0.05) is 12.1 Å². The summed E-state index contributed by atoms with van der Waals surface area (Å²) in [6, 6.07) is -0.701. The maximum absolute atomic E-state index is 13.3. The highest BCUT2D eigenvalue weighted by molar-refractivity contribution is 6.53. The van der Waals surface area contributed by atoms with Crippen LogP contribution >= 0.6 is 0 Å². The van der Waals surface area contributed by atoms with Crippen LogP contribution in [0.15, 0.2) is 12.1 Å². The highest BCUT2D eigenvalue weighted by Crippen LogP contribution is 2.26. The van der Waals surface area contributed by atoms with Gasteiger partial charge in [0.2, 0.25) is 0 Å². The highest BCUT2D eigenvalue weighted by Gasteiger charge is 2.41. The molecule has 5 nitrogen and oxygen atoms in total. The molecule has 1 aliphatic heterocycles. The molecular formula is C9H3F3N2O3. The summed E-state index contributed by atoms with van der Waals surface area (Å²) in [4.78, 5) is 33.1. The second-order valence-electron chi connectivity index (χ2n) is 3.12. The third kappa shape index (κ3) is 1.63. The maximum atomic E-state index is 13.3. The Kier molecular flexibility index (Phi) is 2.34. The Hall–Kier alpha value is -2.38. The second-order valence-corrected chi connectivity index (χ2v) is 3.12. The van der Waals surface area contributed by atoms with Gasteiger partial charge < -0.3 is 0 Å². The van der Waals surface area contributed by atoms with E-state index in [0.29, 0.717) is 12.1 Å². The molecule has 0 aromatic heterocycles. The normalized spacial score (nSPS) is 15.5. The molecule has 0 aliphatic carbocycles. The van der Waals surface area contributed by atoms with Crippen LogP contribution in [0.1, 0.15) is 0 Å². The van der Waals surface area contributed by atoms with Crippen molar-refractivity contribution in [2.75, 3.05) is 4.90 Å². The highest BCUT2D eigenvalue weighted by atomic mass is 19.1. The lowest BCUT2D eigenvalue weighted by Crippen LogP contribution is -2.32. The molecular weight excluding hydrogens is 241 g/mol. The molecule has 0 radical (unpaired) electrons. The summed E-state index contributed by atoms with van der Waals surface area (Å²) in [6.45, 7) is 0. The predicted molar refractivity (Wildman–Crippen MR) is 47.3 cm³/mol. The number of amides is 4. The third-order valence-electron chi connectivity index (χ3n) is 2.03. The molecule has 17 heavy (non-hydrogen) atoms. The molecule has 1 fully saturated rings. The van der Waals surface area contributed by atoms with E-state index in [-0.39, 0.29) is 4.90 Å². The van der Waals surface area contributed by atoms with E-state index in [1.54, 1.807) is 5.32 Å². The van der Waals surface area contributed by atoms with E-state index in [1.807, 2.05) is 0 Å².